The number of benzene rings is 7. The summed E-state index contributed by atoms with van der Waals surface area (Å²) in [5.74, 6) is 0.675. The van der Waals surface area contributed by atoms with Crippen LogP contribution in [0.2, 0.25) is 0 Å². The van der Waals surface area contributed by atoms with Crippen LogP contribution < -0.4 is 0 Å². The van der Waals surface area contributed by atoms with Crippen LogP contribution in [0.1, 0.15) is 0 Å². The van der Waals surface area contributed by atoms with Crippen molar-refractivity contribution in [3.8, 4) is 22.9 Å². The minimum atomic E-state index is 0.675. The molecule has 4 nitrogen and oxygen atoms in total. The SMILES string of the molecule is c1ccc(-c2nc(-n3c4ccccc4c4ccc5sc6ccc7c(c8ccccc8n7-c7ccccc7)c6c5c43)nc3ccccc23)cc1. The van der Waals surface area contributed by atoms with Crippen molar-refractivity contribution in [1.82, 2.24) is 19.1 Å². The Morgan fingerprint density at radius 2 is 1.04 bits per heavy atom. The predicted molar refractivity (Wildman–Crippen MR) is 207 cm³/mol. The normalized spacial score (nSPS) is 12.1. The topological polar surface area (TPSA) is 35.6 Å². The molecule has 0 fully saturated rings. The average molecular weight is 643 g/mol. The van der Waals surface area contributed by atoms with E-state index in [9.17, 15) is 0 Å². The van der Waals surface area contributed by atoms with E-state index >= 15 is 0 Å². The number of fused-ring (bicyclic) bond motifs is 12. The zero-order valence-corrected chi connectivity index (χ0v) is 27.0. The van der Waals surface area contributed by atoms with Crippen molar-refractivity contribution in [2.24, 2.45) is 0 Å². The van der Waals surface area contributed by atoms with Gasteiger partial charge in [0.2, 0.25) is 5.95 Å². The molecule has 0 unspecified atom stereocenters. The molecule has 0 atom stereocenters. The van der Waals surface area contributed by atoms with E-state index in [4.69, 9.17) is 9.97 Å². The zero-order chi connectivity index (χ0) is 32.1. The van der Waals surface area contributed by atoms with Crippen molar-refractivity contribution in [3.63, 3.8) is 0 Å². The minimum absolute atomic E-state index is 0.675. The van der Waals surface area contributed by atoms with Gasteiger partial charge >= 0.3 is 0 Å². The zero-order valence-electron chi connectivity index (χ0n) is 26.2. The number of hydrogen-bond donors (Lipinski definition) is 0. The molecule has 0 aliphatic heterocycles. The molecule has 49 heavy (non-hydrogen) atoms. The van der Waals surface area contributed by atoms with Gasteiger partial charge in [-0.2, -0.15) is 0 Å². The molecule has 5 heteroatoms. The Morgan fingerprint density at radius 1 is 0.408 bits per heavy atom. The highest BCUT2D eigenvalue weighted by Crippen LogP contribution is 2.47. The highest BCUT2D eigenvalue weighted by Gasteiger charge is 2.23. The van der Waals surface area contributed by atoms with Gasteiger partial charge in [0.05, 0.1) is 33.3 Å². The van der Waals surface area contributed by atoms with Crippen LogP contribution >= 0.6 is 11.3 Å². The maximum absolute atomic E-state index is 5.39. The molecule has 0 N–H and O–H groups in total. The summed E-state index contributed by atoms with van der Waals surface area (Å²) in [5, 5.41) is 8.48. The van der Waals surface area contributed by atoms with E-state index in [1.807, 2.05) is 11.3 Å². The molecular weight excluding hydrogens is 617 g/mol. The first kappa shape index (κ1) is 26.7. The molecule has 0 saturated heterocycles. The first-order chi connectivity index (χ1) is 24.3. The van der Waals surface area contributed by atoms with Gasteiger partial charge in [-0.25, -0.2) is 9.97 Å². The fourth-order valence-electron chi connectivity index (χ4n) is 7.90. The van der Waals surface area contributed by atoms with E-state index in [0.717, 1.165) is 38.9 Å². The smallest absolute Gasteiger partial charge is 0.235 e. The van der Waals surface area contributed by atoms with Gasteiger partial charge in [0.1, 0.15) is 0 Å². The summed E-state index contributed by atoms with van der Waals surface area (Å²) in [5.41, 5.74) is 8.73. The second kappa shape index (κ2) is 10.1. The standard InChI is InChI=1S/C44H26N4S/c1-3-13-27(14-4-1)42-31-18-7-10-20-33(31)45-44(46-42)48-34-21-11-8-17-29(34)30-23-25-38-41(43(30)48)40-37(49-38)26-24-36-39(40)32-19-9-12-22-35(32)47(36)28-15-5-2-6-16-28/h1-26H. The third-order valence-electron chi connectivity index (χ3n) is 9.92. The largest absolute Gasteiger partial charge is 0.309 e. The van der Waals surface area contributed by atoms with Gasteiger partial charge in [0, 0.05) is 58.4 Å². The number of rotatable bonds is 3. The van der Waals surface area contributed by atoms with Crippen LogP contribution in [0, 0.1) is 0 Å². The number of para-hydroxylation sites is 4. The Balaban J connectivity index is 1.35. The van der Waals surface area contributed by atoms with Crippen LogP contribution in [-0.2, 0) is 0 Å². The van der Waals surface area contributed by atoms with Crippen molar-refractivity contribution in [3.05, 3.63) is 158 Å². The second-order valence-corrected chi connectivity index (χ2v) is 13.6. The van der Waals surface area contributed by atoms with E-state index in [-0.39, 0.29) is 0 Å². The number of hydrogen-bond acceptors (Lipinski definition) is 3. The van der Waals surface area contributed by atoms with Crippen LogP contribution in [0.25, 0.3) is 97.6 Å². The summed E-state index contributed by atoms with van der Waals surface area (Å²) >= 11 is 1.86. The van der Waals surface area contributed by atoms with E-state index in [2.05, 4.69) is 167 Å². The van der Waals surface area contributed by atoms with Crippen LogP contribution in [-0.4, -0.2) is 19.1 Å². The fraction of sp³-hybridized carbons (Fsp3) is 0. The molecule has 7 aromatic carbocycles. The number of aromatic nitrogens is 4. The van der Waals surface area contributed by atoms with Gasteiger partial charge in [-0.15, -0.1) is 11.3 Å². The minimum Gasteiger partial charge on any atom is -0.309 e. The summed E-state index contributed by atoms with van der Waals surface area (Å²) < 4.78 is 7.24. The molecule has 0 radical (unpaired) electrons. The summed E-state index contributed by atoms with van der Waals surface area (Å²) in [7, 11) is 0. The van der Waals surface area contributed by atoms with Crippen LogP contribution in [0.4, 0.5) is 0 Å². The highest BCUT2D eigenvalue weighted by atomic mass is 32.1. The Morgan fingerprint density at radius 3 is 1.86 bits per heavy atom. The van der Waals surface area contributed by atoms with Gasteiger partial charge in [-0.05, 0) is 48.5 Å². The van der Waals surface area contributed by atoms with Gasteiger partial charge < -0.3 is 4.57 Å². The molecule has 0 bridgehead atoms. The fourth-order valence-corrected chi connectivity index (χ4v) is 9.02. The Labute approximate surface area is 284 Å². The molecule has 0 amide bonds. The van der Waals surface area contributed by atoms with Gasteiger partial charge in [0.25, 0.3) is 0 Å². The number of thiophene rings is 1. The third-order valence-corrected chi connectivity index (χ3v) is 11.0. The molecule has 4 heterocycles. The van der Waals surface area contributed by atoms with Gasteiger partial charge in [-0.1, -0.05) is 109 Å². The van der Waals surface area contributed by atoms with Gasteiger partial charge in [0.15, 0.2) is 0 Å². The molecule has 11 aromatic rings. The monoisotopic (exact) mass is 642 g/mol. The lowest BCUT2D eigenvalue weighted by atomic mass is 10.0. The molecule has 0 spiro atoms. The van der Waals surface area contributed by atoms with E-state index in [0.29, 0.717) is 5.95 Å². The maximum Gasteiger partial charge on any atom is 0.235 e. The first-order valence-electron chi connectivity index (χ1n) is 16.5. The molecule has 0 aliphatic rings. The Kier molecular flexibility index (Phi) is 5.51. The molecule has 4 aromatic heterocycles. The predicted octanol–water partition coefficient (Wildman–Crippen LogP) is 11.9. The highest BCUT2D eigenvalue weighted by molar-refractivity contribution is 7.26. The lowest BCUT2D eigenvalue weighted by molar-refractivity contribution is 1.02. The van der Waals surface area contributed by atoms with Crippen LogP contribution in [0.5, 0.6) is 0 Å². The molecular formula is C44H26N4S. The van der Waals surface area contributed by atoms with Crippen molar-refractivity contribution in [2.45, 2.75) is 0 Å². The Hall–Kier alpha value is -6.30. The Bertz CT molecular complexity index is 3100. The summed E-state index contributed by atoms with van der Waals surface area (Å²) in [6.07, 6.45) is 0. The second-order valence-electron chi connectivity index (χ2n) is 12.6. The van der Waals surface area contributed by atoms with Crippen molar-refractivity contribution in [1.29, 1.82) is 0 Å². The van der Waals surface area contributed by atoms with Crippen molar-refractivity contribution < 1.29 is 0 Å². The molecule has 0 aliphatic carbocycles. The van der Waals surface area contributed by atoms with Gasteiger partial charge in [-0.3, -0.25) is 4.57 Å². The average Bonchev–Trinajstić information content (AvgIpc) is 3.82. The van der Waals surface area contributed by atoms with Crippen molar-refractivity contribution in [2.75, 3.05) is 0 Å². The maximum atomic E-state index is 5.39. The first-order valence-corrected chi connectivity index (χ1v) is 17.3. The lowest BCUT2D eigenvalue weighted by Gasteiger charge is -2.12. The van der Waals surface area contributed by atoms with E-state index in [1.54, 1.807) is 0 Å². The molecule has 11 rings (SSSR count). The summed E-state index contributed by atoms with van der Waals surface area (Å²) in [4.78, 5) is 10.7. The third kappa shape index (κ3) is 3.73. The van der Waals surface area contributed by atoms with E-state index in [1.165, 1.54) is 52.8 Å². The summed E-state index contributed by atoms with van der Waals surface area (Å²) in [6.45, 7) is 0. The lowest BCUT2D eigenvalue weighted by Crippen LogP contribution is -2.03. The molecule has 0 saturated carbocycles. The van der Waals surface area contributed by atoms with Crippen molar-refractivity contribution >= 4 is 86.0 Å². The quantitative estimate of drug-likeness (QED) is 0.192. The number of nitrogens with zero attached hydrogens (tertiary/aromatic N) is 4. The van der Waals surface area contributed by atoms with E-state index < -0.39 is 0 Å². The summed E-state index contributed by atoms with van der Waals surface area (Å²) in [6, 6.07) is 56.2. The molecule has 228 valence electrons. The van der Waals surface area contributed by atoms with Crippen LogP contribution in [0.15, 0.2) is 158 Å². The van der Waals surface area contributed by atoms with Crippen LogP contribution in [0.3, 0.4) is 0 Å².